The predicted molar refractivity (Wildman–Crippen MR) is 94.4 cm³/mol. The van der Waals surface area contributed by atoms with Gasteiger partial charge in [-0.15, -0.1) is 0 Å². The fourth-order valence-corrected chi connectivity index (χ4v) is 3.95. The van der Waals surface area contributed by atoms with Crippen molar-refractivity contribution in [3.05, 3.63) is 35.4 Å². The summed E-state index contributed by atoms with van der Waals surface area (Å²) in [5.41, 5.74) is 2.62. The summed E-state index contributed by atoms with van der Waals surface area (Å²) >= 11 is 0. The van der Waals surface area contributed by atoms with Crippen molar-refractivity contribution in [2.24, 2.45) is 11.8 Å². The summed E-state index contributed by atoms with van der Waals surface area (Å²) in [7, 11) is 0. The van der Waals surface area contributed by atoms with Gasteiger partial charge in [-0.25, -0.2) is 0 Å². The van der Waals surface area contributed by atoms with Gasteiger partial charge in [0.25, 0.3) is 0 Å². The van der Waals surface area contributed by atoms with E-state index >= 15 is 0 Å². The van der Waals surface area contributed by atoms with Crippen molar-refractivity contribution >= 4 is 11.8 Å². The van der Waals surface area contributed by atoms with Crippen LogP contribution in [0.5, 0.6) is 0 Å². The second-order valence-corrected chi connectivity index (χ2v) is 7.43. The van der Waals surface area contributed by atoms with Gasteiger partial charge in [0.2, 0.25) is 11.8 Å². The van der Waals surface area contributed by atoms with Crippen LogP contribution in [0.4, 0.5) is 0 Å². The summed E-state index contributed by atoms with van der Waals surface area (Å²) in [5, 5.41) is 3.26. The molecule has 0 bridgehead atoms. The number of hydrogen-bond donors (Lipinski definition) is 1. The van der Waals surface area contributed by atoms with Gasteiger partial charge in [0.05, 0.1) is 12.0 Å². The number of fused-ring (bicyclic) bond motifs is 1. The van der Waals surface area contributed by atoms with Crippen LogP contribution in [-0.4, -0.2) is 29.8 Å². The minimum Gasteiger partial charge on any atom is -0.349 e. The zero-order valence-electron chi connectivity index (χ0n) is 14.8. The Bertz CT molecular complexity index is 611. The molecule has 1 N–H and O–H groups in total. The van der Waals surface area contributed by atoms with E-state index in [-0.39, 0.29) is 29.7 Å². The van der Waals surface area contributed by atoms with Gasteiger partial charge in [0.15, 0.2) is 0 Å². The molecule has 1 fully saturated rings. The van der Waals surface area contributed by atoms with Crippen LogP contribution in [0.2, 0.25) is 0 Å². The van der Waals surface area contributed by atoms with Crippen LogP contribution in [0.3, 0.4) is 0 Å². The smallest absolute Gasteiger partial charge is 0.225 e. The molecule has 1 aliphatic carbocycles. The highest BCUT2D eigenvalue weighted by Crippen LogP contribution is 2.30. The molecular formula is C20H28N2O2. The third kappa shape index (κ3) is 3.63. The summed E-state index contributed by atoms with van der Waals surface area (Å²) in [6.45, 7) is 5.19. The monoisotopic (exact) mass is 328 g/mol. The molecule has 1 heterocycles. The summed E-state index contributed by atoms with van der Waals surface area (Å²) < 4.78 is 0. The van der Waals surface area contributed by atoms with Crippen LogP contribution in [-0.2, 0) is 16.0 Å². The molecule has 2 aliphatic rings. The van der Waals surface area contributed by atoms with E-state index in [0.29, 0.717) is 6.54 Å². The molecule has 1 aromatic carbocycles. The molecule has 1 aromatic rings. The Morgan fingerprint density at radius 1 is 1.17 bits per heavy atom. The van der Waals surface area contributed by atoms with Crippen LogP contribution in [0.25, 0.3) is 0 Å². The van der Waals surface area contributed by atoms with Gasteiger partial charge >= 0.3 is 0 Å². The third-order valence-corrected chi connectivity index (χ3v) is 5.28. The largest absolute Gasteiger partial charge is 0.349 e. The van der Waals surface area contributed by atoms with Crippen molar-refractivity contribution in [3.63, 3.8) is 0 Å². The van der Waals surface area contributed by atoms with Gasteiger partial charge in [-0.3, -0.25) is 9.59 Å². The molecule has 0 aromatic heterocycles. The first-order valence-electron chi connectivity index (χ1n) is 9.23. The number of nitrogens with one attached hydrogen (secondary N) is 1. The molecule has 4 nitrogen and oxygen atoms in total. The van der Waals surface area contributed by atoms with Crippen LogP contribution < -0.4 is 5.32 Å². The average Bonchev–Trinajstić information content (AvgIpc) is 2.61. The molecular weight excluding hydrogens is 300 g/mol. The van der Waals surface area contributed by atoms with E-state index < -0.39 is 0 Å². The van der Waals surface area contributed by atoms with Crippen molar-refractivity contribution in [2.45, 2.75) is 52.0 Å². The van der Waals surface area contributed by atoms with Gasteiger partial charge in [-0.05, 0) is 43.2 Å². The van der Waals surface area contributed by atoms with Crippen LogP contribution in [0.15, 0.2) is 24.3 Å². The van der Waals surface area contributed by atoms with Crippen molar-refractivity contribution in [2.75, 3.05) is 13.1 Å². The lowest BCUT2D eigenvalue weighted by Crippen LogP contribution is -2.47. The average molecular weight is 328 g/mol. The predicted octanol–water partition coefficient (Wildman–Crippen LogP) is 3.07. The number of hydrogen-bond acceptors (Lipinski definition) is 2. The van der Waals surface area contributed by atoms with Gasteiger partial charge in [-0.1, -0.05) is 38.1 Å². The summed E-state index contributed by atoms with van der Waals surface area (Å²) in [6.07, 6.45) is 5.01. The van der Waals surface area contributed by atoms with Crippen molar-refractivity contribution < 1.29 is 9.59 Å². The van der Waals surface area contributed by atoms with E-state index in [2.05, 4.69) is 23.5 Å². The van der Waals surface area contributed by atoms with Crippen LogP contribution in [0.1, 0.15) is 56.7 Å². The van der Waals surface area contributed by atoms with Gasteiger partial charge in [0.1, 0.15) is 0 Å². The van der Waals surface area contributed by atoms with E-state index in [1.54, 1.807) is 0 Å². The number of aryl methyl sites for hydroxylation is 1. The molecule has 130 valence electrons. The first-order chi connectivity index (χ1) is 11.6. The van der Waals surface area contributed by atoms with Crippen molar-refractivity contribution in [3.8, 4) is 0 Å². The Balaban J connectivity index is 1.64. The van der Waals surface area contributed by atoms with Gasteiger partial charge < -0.3 is 10.2 Å². The second kappa shape index (κ2) is 7.37. The van der Waals surface area contributed by atoms with Gasteiger partial charge in [-0.2, -0.15) is 0 Å². The highest BCUT2D eigenvalue weighted by molar-refractivity contribution is 5.82. The molecule has 0 radical (unpaired) electrons. The van der Waals surface area contributed by atoms with E-state index in [1.807, 2.05) is 24.8 Å². The minimum absolute atomic E-state index is 0.00275. The quantitative estimate of drug-likeness (QED) is 0.927. The number of piperidine rings is 1. The topological polar surface area (TPSA) is 49.4 Å². The first kappa shape index (κ1) is 17.0. The molecule has 1 saturated heterocycles. The maximum atomic E-state index is 12.8. The van der Waals surface area contributed by atoms with E-state index in [0.717, 1.165) is 38.6 Å². The number of likely N-dealkylation sites (tertiary alicyclic amines) is 1. The molecule has 0 unspecified atom stereocenters. The first-order valence-corrected chi connectivity index (χ1v) is 9.23. The normalized spacial score (nSPS) is 23.7. The van der Waals surface area contributed by atoms with E-state index in [4.69, 9.17) is 0 Å². The molecule has 2 amide bonds. The summed E-state index contributed by atoms with van der Waals surface area (Å²) in [5.74, 6) is 0.195. The Kier molecular flexibility index (Phi) is 5.22. The Morgan fingerprint density at radius 2 is 1.96 bits per heavy atom. The number of rotatable bonds is 3. The van der Waals surface area contributed by atoms with E-state index in [1.165, 1.54) is 11.1 Å². The number of amides is 2. The maximum Gasteiger partial charge on any atom is 0.225 e. The zero-order valence-corrected chi connectivity index (χ0v) is 14.8. The highest BCUT2D eigenvalue weighted by atomic mass is 16.2. The summed E-state index contributed by atoms with van der Waals surface area (Å²) in [6, 6.07) is 8.54. The lowest BCUT2D eigenvalue weighted by atomic mass is 9.87. The molecule has 24 heavy (non-hydrogen) atoms. The number of nitrogens with zero attached hydrogens (tertiary/aromatic N) is 1. The molecule has 0 spiro atoms. The number of carbonyl (C=O) groups excluding carboxylic acids is 2. The molecule has 2 atom stereocenters. The second-order valence-electron chi connectivity index (χ2n) is 7.43. The standard InChI is InChI=1S/C20H28N2O2/c1-14(2)20(24)22-12-6-9-16(13-22)19(23)21-18-11-5-8-15-7-3-4-10-17(15)18/h3-4,7,10,14,16,18H,5-6,8-9,11-13H2,1-2H3,(H,21,23)/t16-,18+/m0/s1. The van der Waals surface area contributed by atoms with Gasteiger partial charge in [0, 0.05) is 19.0 Å². The van der Waals surface area contributed by atoms with E-state index in [9.17, 15) is 9.59 Å². The van der Waals surface area contributed by atoms with Crippen molar-refractivity contribution in [1.29, 1.82) is 0 Å². The lowest BCUT2D eigenvalue weighted by molar-refractivity contribution is -0.138. The fraction of sp³-hybridized carbons (Fsp3) is 0.600. The van der Waals surface area contributed by atoms with Crippen LogP contribution in [0, 0.1) is 11.8 Å². The highest BCUT2D eigenvalue weighted by Gasteiger charge is 2.31. The number of benzene rings is 1. The Morgan fingerprint density at radius 3 is 2.75 bits per heavy atom. The van der Waals surface area contributed by atoms with Crippen molar-refractivity contribution in [1.82, 2.24) is 10.2 Å². The lowest BCUT2D eigenvalue weighted by Gasteiger charge is -2.34. The zero-order chi connectivity index (χ0) is 17.1. The Hall–Kier alpha value is -1.84. The summed E-state index contributed by atoms with van der Waals surface area (Å²) in [4.78, 5) is 26.8. The fourth-order valence-electron chi connectivity index (χ4n) is 3.95. The number of carbonyl (C=O) groups is 2. The molecule has 4 heteroatoms. The molecule has 3 rings (SSSR count). The molecule has 1 aliphatic heterocycles. The minimum atomic E-state index is -0.0736. The SMILES string of the molecule is CC(C)C(=O)N1CCC[C@H](C(=O)N[C@@H]2CCCc3ccccc32)C1. The molecule has 0 saturated carbocycles. The maximum absolute atomic E-state index is 12.8. The Labute approximate surface area is 144 Å². The third-order valence-electron chi connectivity index (χ3n) is 5.28. The van der Waals surface area contributed by atoms with Crippen LogP contribution >= 0.6 is 0 Å².